The Hall–Kier alpha value is -2.70. The number of pyridine rings is 1. The summed E-state index contributed by atoms with van der Waals surface area (Å²) in [5.74, 6) is 0.0499. The van der Waals surface area contributed by atoms with Crippen molar-refractivity contribution >= 4 is 17.1 Å². The molecular weight excluding hydrogens is 236 g/mol. The Bertz CT molecular complexity index is 744. The fraction of sp³-hybridized carbons (Fsp3) is 0.0909. The van der Waals surface area contributed by atoms with Crippen molar-refractivity contribution in [3.05, 3.63) is 29.7 Å². The molecule has 0 bridgehead atoms. The van der Waals surface area contributed by atoms with Crippen LogP contribution in [0.1, 0.15) is 16.1 Å². The second-order valence-electron chi connectivity index (χ2n) is 3.77. The standard InChI is InChI=1S/C11H8N4O3/c1-5-4-7(15-18-5)9-13-8-6(11(16)17)2-3-12-10(8)14-9/h2-4H,1H3,(H,16,17)(H,12,13,14). The zero-order valence-electron chi connectivity index (χ0n) is 9.34. The molecular formula is C11H8N4O3. The number of rotatable bonds is 2. The number of carboxylic acid groups (broad SMARTS) is 1. The zero-order valence-corrected chi connectivity index (χ0v) is 9.34. The molecule has 0 aliphatic heterocycles. The van der Waals surface area contributed by atoms with E-state index in [2.05, 4.69) is 20.1 Å². The molecule has 0 atom stereocenters. The third kappa shape index (κ3) is 1.53. The van der Waals surface area contributed by atoms with Crippen molar-refractivity contribution in [2.75, 3.05) is 0 Å². The van der Waals surface area contributed by atoms with Gasteiger partial charge in [-0.25, -0.2) is 14.8 Å². The SMILES string of the molecule is Cc1cc(-c2nc3nccc(C(=O)O)c3[nH]2)no1. The molecule has 0 aliphatic rings. The Morgan fingerprint density at radius 2 is 2.33 bits per heavy atom. The molecule has 0 spiro atoms. The lowest BCUT2D eigenvalue weighted by atomic mass is 10.2. The lowest BCUT2D eigenvalue weighted by Crippen LogP contribution is -1.97. The zero-order chi connectivity index (χ0) is 12.7. The molecule has 3 aromatic heterocycles. The van der Waals surface area contributed by atoms with Gasteiger partial charge in [-0.05, 0) is 13.0 Å². The highest BCUT2D eigenvalue weighted by Gasteiger charge is 2.15. The van der Waals surface area contributed by atoms with Crippen molar-refractivity contribution < 1.29 is 14.4 Å². The second kappa shape index (κ2) is 3.66. The van der Waals surface area contributed by atoms with Gasteiger partial charge in [0.2, 0.25) is 0 Å². The van der Waals surface area contributed by atoms with Crippen LogP contribution < -0.4 is 0 Å². The molecule has 7 heteroatoms. The van der Waals surface area contributed by atoms with E-state index in [-0.39, 0.29) is 5.56 Å². The van der Waals surface area contributed by atoms with Gasteiger partial charge < -0.3 is 14.6 Å². The van der Waals surface area contributed by atoms with Crippen molar-refractivity contribution in [2.24, 2.45) is 0 Å². The van der Waals surface area contributed by atoms with Gasteiger partial charge in [-0.15, -0.1) is 0 Å². The number of fused-ring (bicyclic) bond motifs is 1. The molecule has 0 saturated heterocycles. The van der Waals surface area contributed by atoms with E-state index < -0.39 is 5.97 Å². The fourth-order valence-electron chi connectivity index (χ4n) is 1.69. The van der Waals surface area contributed by atoms with Gasteiger partial charge >= 0.3 is 5.97 Å². The molecule has 18 heavy (non-hydrogen) atoms. The Morgan fingerprint density at radius 3 is 3.00 bits per heavy atom. The number of nitrogens with zero attached hydrogens (tertiary/aromatic N) is 3. The summed E-state index contributed by atoms with van der Waals surface area (Å²) in [5, 5.41) is 12.9. The molecule has 90 valence electrons. The number of hydrogen-bond donors (Lipinski definition) is 2. The minimum Gasteiger partial charge on any atom is -0.478 e. The van der Waals surface area contributed by atoms with Crippen LogP contribution in [-0.2, 0) is 0 Å². The first kappa shape index (κ1) is 10.5. The van der Waals surface area contributed by atoms with E-state index in [4.69, 9.17) is 9.63 Å². The number of imidazole rings is 1. The molecule has 0 aromatic carbocycles. The Balaban J connectivity index is 2.22. The first-order valence-corrected chi connectivity index (χ1v) is 5.17. The van der Waals surface area contributed by atoms with Crippen LogP contribution in [0, 0.1) is 6.92 Å². The van der Waals surface area contributed by atoms with Crippen LogP contribution in [-0.4, -0.2) is 31.2 Å². The predicted octanol–water partition coefficient (Wildman–Crippen LogP) is 1.62. The largest absolute Gasteiger partial charge is 0.478 e. The summed E-state index contributed by atoms with van der Waals surface area (Å²) in [7, 11) is 0. The average Bonchev–Trinajstić information content (AvgIpc) is 2.93. The van der Waals surface area contributed by atoms with Gasteiger partial charge in [0.15, 0.2) is 11.5 Å². The van der Waals surface area contributed by atoms with Crippen LogP contribution in [0.5, 0.6) is 0 Å². The molecule has 3 heterocycles. The van der Waals surface area contributed by atoms with E-state index in [1.807, 2.05) is 0 Å². The van der Waals surface area contributed by atoms with E-state index >= 15 is 0 Å². The number of carbonyl (C=O) groups is 1. The van der Waals surface area contributed by atoms with E-state index in [9.17, 15) is 4.79 Å². The van der Waals surface area contributed by atoms with Crippen molar-refractivity contribution in [3.63, 3.8) is 0 Å². The molecule has 0 saturated carbocycles. The lowest BCUT2D eigenvalue weighted by Gasteiger charge is -1.93. The van der Waals surface area contributed by atoms with Crippen LogP contribution in [0.25, 0.3) is 22.7 Å². The van der Waals surface area contributed by atoms with Crippen LogP contribution >= 0.6 is 0 Å². The van der Waals surface area contributed by atoms with Crippen molar-refractivity contribution in [3.8, 4) is 11.5 Å². The highest BCUT2D eigenvalue weighted by atomic mass is 16.5. The summed E-state index contributed by atoms with van der Waals surface area (Å²) < 4.78 is 4.95. The monoisotopic (exact) mass is 244 g/mol. The third-order valence-corrected chi connectivity index (χ3v) is 2.49. The topological polar surface area (TPSA) is 105 Å². The van der Waals surface area contributed by atoms with Crippen molar-refractivity contribution in [1.29, 1.82) is 0 Å². The number of hydrogen-bond acceptors (Lipinski definition) is 5. The first-order valence-electron chi connectivity index (χ1n) is 5.17. The molecule has 0 fully saturated rings. The summed E-state index contributed by atoms with van der Waals surface area (Å²) >= 11 is 0. The number of H-pyrrole nitrogens is 1. The molecule has 0 unspecified atom stereocenters. The number of aromatic carboxylic acids is 1. The van der Waals surface area contributed by atoms with Gasteiger partial charge in [0.25, 0.3) is 0 Å². The van der Waals surface area contributed by atoms with Crippen LogP contribution in [0.4, 0.5) is 0 Å². The maximum absolute atomic E-state index is 11.1. The maximum atomic E-state index is 11.1. The minimum absolute atomic E-state index is 0.124. The Morgan fingerprint density at radius 1 is 1.50 bits per heavy atom. The molecule has 3 aromatic rings. The summed E-state index contributed by atoms with van der Waals surface area (Å²) in [6, 6.07) is 3.12. The Labute approximate surface area is 100 Å². The Kier molecular flexibility index (Phi) is 2.12. The normalized spacial score (nSPS) is 10.9. The summed E-state index contributed by atoms with van der Waals surface area (Å²) in [5.41, 5.74) is 1.35. The number of aromatic nitrogens is 4. The average molecular weight is 244 g/mol. The quantitative estimate of drug-likeness (QED) is 0.709. The number of aryl methyl sites for hydroxylation is 1. The maximum Gasteiger partial charge on any atom is 0.338 e. The van der Waals surface area contributed by atoms with Gasteiger partial charge in [0.05, 0.1) is 11.1 Å². The number of nitrogens with one attached hydrogen (secondary N) is 1. The van der Waals surface area contributed by atoms with Gasteiger partial charge in [0, 0.05) is 12.3 Å². The van der Waals surface area contributed by atoms with Crippen molar-refractivity contribution in [1.82, 2.24) is 20.1 Å². The molecule has 0 radical (unpaired) electrons. The van der Waals surface area contributed by atoms with Crippen LogP contribution in [0.2, 0.25) is 0 Å². The number of aromatic amines is 1. The fourth-order valence-corrected chi connectivity index (χ4v) is 1.69. The van der Waals surface area contributed by atoms with E-state index in [0.717, 1.165) is 0 Å². The van der Waals surface area contributed by atoms with Crippen LogP contribution in [0.3, 0.4) is 0 Å². The third-order valence-electron chi connectivity index (χ3n) is 2.49. The van der Waals surface area contributed by atoms with Gasteiger partial charge in [-0.2, -0.15) is 0 Å². The first-order chi connectivity index (χ1) is 8.65. The highest BCUT2D eigenvalue weighted by Crippen LogP contribution is 2.21. The highest BCUT2D eigenvalue weighted by molar-refractivity contribution is 6.00. The second-order valence-corrected chi connectivity index (χ2v) is 3.77. The van der Waals surface area contributed by atoms with E-state index in [0.29, 0.717) is 28.4 Å². The lowest BCUT2D eigenvalue weighted by molar-refractivity contribution is 0.0698. The van der Waals surface area contributed by atoms with Gasteiger partial charge in [0.1, 0.15) is 11.5 Å². The summed E-state index contributed by atoms with van der Waals surface area (Å²) in [4.78, 5) is 22.2. The molecule has 3 rings (SSSR count). The van der Waals surface area contributed by atoms with E-state index in [1.54, 1.807) is 13.0 Å². The summed E-state index contributed by atoms with van der Waals surface area (Å²) in [6.45, 7) is 1.76. The predicted molar refractivity (Wildman–Crippen MR) is 61.1 cm³/mol. The van der Waals surface area contributed by atoms with Gasteiger partial charge in [-0.1, -0.05) is 5.16 Å². The molecule has 0 aliphatic carbocycles. The molecule has 2 N–H and O–H groups in total. The summed E-state index contributed by atoms with van der Waals surface area (Å²) in [6.07, 6.45) is 1.41. The van der Waals surface area contributed by atoms with Crippen LogP contribution in [0.15, 0.2) is 22.9 Å². The number of carboxylic acids is 1. The van der Waals surface area contributed by atoms with Crippen molar-refractivity contribution in [2.45, 2.75) is 6.92 Å². The van der Waals surface area contributed by atoms with Gasteiger partial charge in [-0.3, -0.25) is 0 Å². The molecule has 7 nitrogen and oxygen atoms in total. The minimum atomic E-state index is -1.03. The molecule has 0 amide bonds. The smallest absolute Gasteiger partial charge is 0.338 e. The van der Waals surface area contributed by atoms with E-state index in [1.165, 1.54) is 12.3 Å².